The summed E-state index contributed by atoms with van der Waals surface area (Å²) in [5, 5.41) is 8.83. The summed E-state index contributed by atoms with van der Waals surface area (Å²) in [6.45, 7) is 0. The lowest BCUT2D eigenvalue weighted by Crippen LogP contribution is -2.41. The molecule has 0 spiro atoms. The van der Waals surface area contributed by atoms with E-state index in [1.54, 1.807) is 16.9 Å². The van der Waals surface area contributed by atoms with Gasteiger partial charge in [-0.25, -0.2) is 0 Å². The monoisotopic (exact) mass is 388 g/mol. The molecular weight excluding hydrogens is 364 g/mol. The Labute approximate surface area is 168 Å². The summed E-state index contributed by atoms with van der Waals surface area (Å²) in [6.07, 6.45) is 7.42. The maximum Gasteiger partial charge on any atom is 0.306 e. The second kappa shape index (κ2) is 7.37. The fourth-order valence-corrected chi connectivity index (χ4v) is 4.32. The Morgan fingerprint density at radius 2 is 1.83 bits per heavy atom. The molecule has 1 fully saturated rings. The number of carbonyl (C=O) groups excluding carboxylic acids is 1. The number of hydrogen-bond acceptors (Lipinski definition) is 4. The van der Waals surface area contributed by atoms with Crippen LogP contribution in [0.15, 0.2) is 59.3 Å². The minimum atomic E-state index is -0.102. The first kappa shape index (κ1) is 17.9. The number of imidazole rings is 1. The normalized spacial score (nSPS) is 19.6. The SMILES string of the molecule is CNC1CCC(NC(=O)c2c(-c3ccc4ccccc4c3)nc3occn23)CC1. The summed E-state index contributed by atoms with van der Waals surface area (Å²) in [4.78, 5) is 17.9. The number of hydrogen-bond donors (Lipinski definition) is 2. The van der Waals surface area contributed by atoms with Crippen LogP contribution in [0.4, 0.5) is 0 Å². The van der Waals surface area contributed by atoms with Gasteiger partial charge in [-0.2, -0.15) is 4.98 Å². The minimum Gasteiger partial charge on any atom is -0.432 e. The number of rotatable bonds is 4. The van der Waals surface area contributed by atoms with Crippen LogP contribution in [0.1, 0.15) is 36.2 Å². The molecule has 1 saturated carbocycles. The van der Waals surface area contributed by atoms with Crippen LogP contribution in [0.3, 0.4) is 0 Å². The Balaban J connectivity index is 1.49. The highest BCUT2D eigenvalue weighted by Gasteiger charge is 2.26. The second-order valence-electron chi connectivity index (χ2n) is 7.74. The molecule has 0 bridgehead atoms. The fourth-order valence-electron chi connectivity index (χ4n) is 4.32. The van der Waals surface area contributed by atoms with Gasteiger partial charge in [0.2, 0.25) is 0 Å². The molecule has 0 saturated heterocycles. The lowest BCUT2D eigenvalue weighted by atomic mass is 9.91. The van der Waals surface area contributed by atoms with Crippen LogP contribution in [0, 0.1) is 0 Å². The van der Waals surface area contributed by atoms with Gasteiger partial charge in [-0.05, 0) is 49.6 Å². The van der Waals surface area contributed by atoms with E-state index in [1.165, 1.54) is 0 Å². The van der Waals surface area contributed by atoms with E-state index in [0.717, 1.165) is 42.0 Å². The number of aromatic nitrogens is 2. The third-order valence-electron chi connectivity index (χ3n) is 5.97. The zero-order valence-electron chi connectivity index (χ0n) is 16.4. The van der Waals surface area contributed by atoms with Gasteiger partial charge in [-0.1, -0.05) is 36.4 Å². The van der Waals surface area contributed by atoms with Crippen molar-refractivity contribution in [1.29, 1.82) is 0 Å². The molecule has 6 heteroatoms. The Morgan fingerprint density at radius 3 is 2.62 bits per heavy atom. The fraction of sp³-hybridized carbons (Fsp3) is 0.304. The van der Waals surface area contributed by atoms with Gasteiger partial charge >= 0.3 is 5.84 Å². The average Bonchev–Trinajstić information content (AvgIpc) is 3.35. The predicted octanol–water partition coefficient (Wildman–Crippen LogP) is 4.01. The quantitative estimate of drug-likeness (QED) is 0.554. The van der Waals surface area contributed by atoms with E-state index in [1.807, 2.05) is 25.2 Å². The van der Waals surface area contributed by atoms with Crippen LogP contribution >= 0.6 is 0 Å². The van der Waals surface area contributed by atoms with Gasteiger partial charge in [0.05, 0.1) is 0 Å². The van der Waals surface area contributed by atoms with Crippen molar-refractivity contribution in [3.63, 3.8) is 0 Å². The third kappa shape index (κ3) is 3.29. The molecular formula is C23H24N4O2. The Bertz CT molecular complexity index is 1170. The van der Waals surface area contributed by atoms with Crippen LogP contribution in [0.25, 0.3) is 27.9 Å². The number of nitrogens with one attached hydrogen (secondary N) is 2. The first-order chi connectivity index (χ1) is 14.2. The first-order valence-electron chi connectivity index (χ1n) is 10.2. The van der Waals surface area contributed by atoms with Crippen molar-refractivity contribution in [2.75, 3.05) is 7.05 Å². The molecule has 2 aromatic heterocycles. The molecule has 4 aromatic rings. The largest absolute Gasteiger partial charge is 0.432 e. The standard InChI is InChI=1S/C23H24N4O2/c1-24-18-8-10-19(11-9-18)25-22(28)21-20(26-23-27(21)12-13-29-23)17-7-6-15-4-2-3-5-16(15)14-17/h2-7,12-14,18-19,24H,8-11H2,1H3,(H,25,28). The van der Waals surface area contributed by atoms with Crippen molar-refractivity contribution < 1.29 is 9.21 Å². The van der Waals surface area contributed by atoms with Crippen molar-refractivity contribution in [1.82, 2.24) is 20.0 Å². The topological polar surface area (TPSA) is 71.6 Å². The van der Waals surface area contributed by atoms with Crippen LogP contribution in [-0.4, -0.2) is 34.4 Å². The summed E-state index contributed by atoms with van der Waals surface area (Å²) >= 11 is 0. The van der Waals surface area contributed by atoms with Gasteiger partial charge in [0.25, 0.3) is 5.91 Å². The Hall–Kier alpha value is -3.12. The lowest BCUT2D eigenvalue weighted by Gasteiger charge is -2.28. The van der Waals surface area contributed by atoms with Gasteiger partial charge in [-0.15, -0.1) is 0 Å². The van der Waals surface area contributed by atoms with E-state index in [9.17, 15) is 4.79 Å². The van der Waals surface area contributed by atoms with Crippen LogP contribution in [-0.2, 0) is 0 Å². The third-order valence-corrected chi connectivity index (χ3v) is 5.97. The van der Waals surface area contributed by atoms with Gasteiger partial charge < -0.3 is 15.1 Å². The Kier molecular flexibility index (Phi) is 4.56. The molecule has 2 aromatic carbocycles. The molecule has 148 valence electrons. The first-order valence-corrected chi connectivity index (χ1v) is 10.2. The predicted molar refractivity (Wildman–Crippen MR) is 113 cm³/mol. The number of oxazole rings is 1. The van der Waals surface area contributed by atoms with Crippen molar-refractivity contribution in [2.24, 2.45) is 0 Å². The van der Waals surface area contributed by atoms with Crippen molar-refractivity contribution in [3.05, 3.63) is 60.6 Å². The van der Waals surface area contributed by atoms with Crippen LogP contribution in [0.2, 0.25) is 0 Å². The number of fused-ring (bicyclic) bond motifs is 2. The number of benzene rings is 2. The van der Waals surface area contributed by atoms with Gasteiger partial charge in [0.1, 0.15) is 17.7 Å². The molecule has 6 nitrogen and oxygen atoms in total. The maximum atomic E-state index is 13.3. The molecule has 0 atom stereocenters. The highest BCUT2D eigenvalue weighted by atomic mass is 16.3. The van der Waals surface area contributed by atoms with Crippen molar-refractivity contribution in [3.8, 4) is 11.3 Å². The molecule has 1 aliphatic rings. The van der Waals surface area contributed by atoms with E-state index < -0.39 is 0 Å². The van der Waals surface area contributed by atoms with Crippen LogP contribution < -0.4 is 10.6 Å². The summed E-state index contributed by atoms with van der Waals surface area (Å²) < 4.78 is 7.22. The summed E-state index contributed by atoms with van der Waals surface area (Å²) in [5.41, 5.74) is 2.09. The highest BCUT2D eigenvalue weighted by Crippen LogP contribution is 2.28. The lowest BCUT2D eigenvalue weighted by molar-refractivity contribution is 0.0919. The molecule has 5 rings (SSSR count). The van der Waals surface area contributed by atoms with E-state index in [0.29, 0.717) is 23.3 Å². The molecule has 0 unspecified atom stereocenters. The van der Waals surface area contributed by atoms with Gasteiger partial charge in [0.15, 0.2) is 0 Å². The van der Waals surface area contributed by atoms with Crippen molar-refractivity contribution >= 4 is 22.5 Å². The number of carbonyl (C=O) groups is 1. The number of nitrogens with zero attached hydrogens (tertiary/aromatic N) is 2. The van der Waals surface area contributed by atoms with Gasteiger partial charge in [-0.3, -0.25) is 9.20 Å². The highest BCUT2D eigenvalue weighted by molar-refractivity contribution is 6.00. The molecule has 2 N–H and O–H groups in total. The van der Waals surface area contributed by atoms with E-state index in [-0.39, 0.29) is 11.9 Å². The molecule has 2 heterocycles. The Morgan fingerprint density at radius 1 is 1.07 bits per heavy atom. The molecule has 1 amide bonds. The number of amides is 1. The maximum absolute atomic E-state index is 13.3. The van der Waals surface area contributed by atoms with Crippen LogP contribution in [0.5, 0.6) is 0 Å². The van der Waals surface area contributed by atoms with E-state index in [2.05, 4.69) is 39.9 Å². The van der Waals surface area contributed by atoms with Crippen molar-refractivity contribution in [2.45, 2.75) is 37.8 Å². The molecule has 0 radical (unpaired) electrons. The average molecular weight is 388 g/mol. The molecule has 1 aliphatic carbocycles. The molecule has 0 aliphatic heterocycles. The summed E-state index contributed by atoms with van der Waals surface area (Å²) in [7, 11) is 2.00. The summed E-state index contributed by atoms with van der Waals surface area (Å²) in [5.74, 6) is 0.326. The van der Waals surface area contributed by atoms with E-state index >= 15 is 0 Å². The zero-order chi connectivity index (χ0) is 19.8. The second-order valence-corrected chi connectivity index (χ2v) is 7.74. The minimum absolute atomic E-state index is 0.102. The zero-order valence-corrected chi connectivity index (χ0v) is 16.4. The smallest absolute Gasteiger partial charge is 0.306 e. The summed E-state index contributed by atoms with van der Waals surface area (Å²) in [6, 6.07) is 15.1. The van der Waals surface area contributed by atoms with E-state index in [4.69, 9.17) is 4.42 Å². The van der Waals surface area contributed by atoms with Gasteiger partial charge in [0, 0.05) is 23.8 Å². The molecule has 29 heavy (non-hydrogen) atoms.